The molecular weight excluding hydrogens is 613 g/mol. The van der Waals surface area contributed by atoms with Gasteiger partial charge in [-0.2, -0.15) is 0 Å². The number of benzene rings is 4. The van der Waals surface area contributed by atoms with Crippen LogP contribution in [0.25, 0.3) is 0 Å². The van der Waals surface area contributed by atoms with E-state index in [9.17, 15) is 18.0 Å². The summed E-state index contributed by atoms with van der Waals surface area (Å²) < 4.78 is 44.2. The van der Waals surface area contributed by atoms with Crippen molar-refractivity contribution in [1.82, 2.24) is 10.2 Å². The Labute approximate surface area is 269 Å². The topological polar surface area (TPSA) is 86.8 Å². The molecule has 0 aliphatic heterocycles. The number of carbonyl (C=O) groups is 2. The van der Waals surface area contributed by atoms with Gasteiger partial charge in [-0.3, -0.25) is 13.9 Å². The molecule has 0 bridgehead atoms. The van der Waals surface area contributed by atoms with Gasteiger partial charge in [0.1, 0.15) is 18.4 Å². The minimum Gasteiger partial charge on any atom is -0.354 e. The van der Waals surface area contributed by atoms with Crippen molar-refractivity contribution in [1.29, 1.82) is 0 Å². The van der Waals surface area contributed by atoms with E-state index in [4.69, 9.17) is 11.6 Å². The molecule has 45 heavy (non-hydrogen) atoms. The number of amides is 2. The Balaban J connectivity index is 1.80. The first-order valence-corrected chi connectivity index (χ1v) is 16.6. The average molecular weight is 650 g/mol. The lowest BCUT2D eigenvalue weighted by atomic mass is 10.0. The van der Waals surface area contributed by atoms with E-state index in [2.05, 4.69) is 5.32 Å². The third-order valence-electron chi connectivity index (χ3n) is 7.41. The Kier molecular flexibility index (Phi) is 11.7. The smallest absolute Gasteiger partial charge is 0.264 e. The van der Waals surface area contributed by atoms with Gasteiger partial charge in [-0.05, 0) is 49.2 Å². The van der Waals surface area contributed by atoms with Crippen molar-refractivity contribution in [2.45, 2.75) is 50.6 Å². The molecule has 1 unspecified atom stereocenters. The zero-order valence-electron chi connectivity index (χ0n) is 25.3. The second kappa shape index (κ2) is 15.7. The summed E-state index contributed by atoms with van der Waals surface area (Å²) in [6, 6.07) is 26.7. The van der Waals surface area contributed by atoms with Crippen LogP contribution >= 0.6 is 11.6 Å². The Bertz CT molecular complexity index is 1700. The summed E-state index contributed by atoms with van der Waals surface area (Å²) in [5.41, 5.74) is 1.94. The van der Waals surface area contributed by atoms with Crippen molar-refractivity contribution < 1.29 is 22.4 Å². The molecule has 0 aliphatic carbocycles. The summed E-state index contributed by atoms with van der Waals surface area (Å²) >= 11 is 6.50. The quantitative estimate of drug-likeness (QED) is 0.157. The minimum atomic E-state index is -4.30. The number of hydrogen-bond acceptors (Lipinski definition) is 4. The molecule has 0 aromatic heterocycles. The monoisotopic (exact) mass is 649 g/mol. The van der Waals surface area contributed by atoms with E-state index >= 15 is 4.39 Å². The van der Waals surface area contributed by atoms with Gasteiger partial charge < -0.3 is 10.2 Å². The molecule has 0 radical (unpaired) electrons. The molecule has 0 fully saturated rings. The molecular formula is C35H37ClFN3O4S. The highest BCUT2D eigenvalue weighted by Crippen LogP contribution is 2.31. The SMILES string of the molecule is CCCCNC(=O)C(Cc1ccccc1)N(Cc1ccccc1F)C(=O)CN(c1ccccc1Cl)S(=O)(=O)c1ccc(C)cc1. The Hall–Kier alpha value is -4.21. The lowest BCUT2D eigenvalue weighted by Crippen LogP contribution is -2.53. The standard InChI is InChI=1S/C35H37ClFN3O4S/c1-3-4-22-38-35(42)33(23-27-12-6-5-7-13-27)39(24-28-14-8-10-16-31(28)37)34(41)25-40(32-17-11-9-15-30(32)36)45(43,44)29-20-18-26(2)19-21-29/h5-21,33H,3-4,22-25H2,1-2H3,(H,38,42). The van der Waals surface area contributed by atoms with Gasteiger partial charge in [0.15, 0.2) is 0 Å². The number of unbranched alkanes of at least 4 members (excludes halogenated alkanes) is 1. The van der Waals surface area contributed by atoms with Gasteiger partial charge in [0, 0.05) is 25.1 Å². The first-order valence-electron chi connectivity index (χ1n) is 14.8. The summed E-state index contributed by atoms with van der Waals surface area (Å²) in [6.07, 6.45) is 1.72. The number of sulfonamides is 1. The van der Waals surface area contributed by atoms with E-state index < -0.39 is 40.2 Å². The Morgan fingerprint density at radius 1 is 0.889 bits per heavy atom. The number of nitrogens with one attached hydrogen (secondary N) is 1. The van der Waals surface area contributed by atoms with Gasteiger partial charge in [-0.25, -0.2) is 12.8 Å². The molecule has 4 aromatic rings. The molecule has 0 aliphatic rings. The number of hydrogen-bond donors (Lipinski definition) is 1. The number of aryl methyl sites for hydroxylation is 1. The van der Waals surface area contributed by atoms with Crippen LogP contribution in [0.4, 0.5) is 10.1 Å². The van der Waals surface area contributed by atoms with Crippen molar-refractivity contribution in [2.75, 3.05) is 17.4 Å². The van der Waals surface area contributed by atoms with Gasteiger partial charge in [0.25, 0.3) is 10.0 Å². The van der Waals surface area contributed by atoms with Crippen molar-refractivity contribution in [3.05, 3.63) is 131 Å². The van der Waals surface area contributed by atoms with Crippen LogP contribution in [0.5, 0.6) is 0 Å². The lowest BCUT2D eigenvalue weighted by molar-refractivity contribution is -0.140. The van der Waals surface area contributed by atoms with E-state index in [1.54, 1.807) is 36.4 Å². The Morgan fingerprint density at radius 3 is 2.20 bits per heavy atom. The molecule has 4 rings (SSSR count). The maximum Gasteiger partial charge on any atom is 0.264 e. The van der Waals surface area contributed by atoms with Gasteiger partial charge in [-0.15, -0.1) is 0 Å². The average Bonchev–Trinajstić information content (AvgIpc) is 3.03. The highest BCUT2D eigenvalue weighted by atomic mass is 35.5. The van der Waals surface area contributed by atoms with E-state index in [1.165, 1.54) is 41.3 Å². The second-order valence-electron chi connectivity index (χ2n) is 10.7. The van der Waals surface area contributed by atoms with E-state index in [0.717, 1.165) is 28.3 Å². The number of anilines is 1. The number of halogens is 2. The van der Waals surface area contributed by atoms with Crippen LogP contribution < -0.4 is 9.62 Å². The fourth-order valence-corrected chi connectivity index (χ4v) is 6.60. The number of carbonyl (C=O) groups excluding carboxylic acids is 2. The second-order valence-corrected chi connectivity index (χ2v) is 13.0. The number of rotatable bonds is 14. The van der Waals surface area contributed by atoms with Crippen LogP contribution in [-0.2, 0) is 32.6 Å². The molecule has 0 spiro atoms. The zero-order chi connectivity index (χ0) is 32.4. The maximum absolute atomic E-state index is 15.0. The van der Waals surface area contributed by atoms with Crippen LogP contribution in [0.15, 0.2) is 108 Å². The fraction of sp³-hybridized carbons (Fsp3) is 0.257. The predicted molar refractivity (Wildman–Crippen MR) is 176 cm³/mol. The van der Waals surface area contributed by atoms with Crippen LogP contribution in [0.3, 0.4) is 0 Å². The summed E-state index contributed by atoms with van der Waals surface area (Å²) in [7, 11) is -4.30. The molecule has 7 nitrogen and oxygen atoms in total. The van der Waals surface area contributed by atoms with Crippen LogP contribution in [-0.4, -0.2) is 44.3 Å². The molecule has 0 saturated heterocycles. The molecule has 2 amide bonds. The minimum absolute atomic E-state index is 0.0281. The van der Waals surface area contributed by atoms with E-state index in [-0.39, 0.29) is 34.1 Å². The van der Waals surface area contributed by atoms with E-state index in [1.807, 2.05) is 44.2 Å². The number of para-hydroxylation sites is 1. The fourth-order valence-electron chi connectivity index (χ4n) is 4.88. The Morgan fingerprint density at radius 2 is 1.53 bits per heavy atom. The van der Waals surface area contributed by atoms with Crippen LogP contribution in [0.2, 0.25) is 5.02 Å². The van der Waals surface area contributed by atoms with Gasteiger partial charge in [-0.1, -0.05) is 103 Å². The van der Waals surface area contributed by atoms with Crippen molar-refractivity contribution in [3.63, 3.8) is 0 Å². The third kappa shape index (κ3) is 8.71. The zero-order valence-corrected chi connectivity index (χ0v) is 26.9. The summed E-state index contributed by atoms with van der Waals surface area (Å²) in [4.78, 5) is 29.4. The predicted octanol–water partition coefficient (Wildman–Crippen LogP) is 6.54. The van der Waals surface area contributed by atoms with Gasteiger partial charge >= 0.3 is 0 Å². The highest BCUT2D eigenvalue weighted by molar-refractivity contribution is 7.92. The third-order valence-corrected chi connectivity index (χ3v) is 9.50. The van der Waals surface area contributed by atoms with E-state index in [0.29, 0.717) is 6.54 Å². The lowest BCUT2D eigenvalue weighted by Gasteiger charge is -2.34. The van der Waals surface area contributed by atoms with Crippen molar-refractivity contribution in [3.8, 4) is 0 Å². The highest BCUT2D eigenvalue weighted by Gasteiger charge is 2.35. The molecule has 10 heteroatoms. The van der Waals surface area contributed by atoms with Crippen molar-refractivity contribution >= 4 is 39.1 Å². The van der Waals surface area contributed by atoms with Crippen LogP contribution in [0, 0.1) is 12.7 Å². The number of nitrogens with zero attached hydrogens (tertiary/aromatic N) is 2. The molecule has 236 valence electrons. The molecule has 1 N–H and O–H groups in total. The molecule has 0 heterocycles. The normalized spacial score (nSPS) is 11.9. The molecule has 0 saturated carbocycles. The summed E-state index contributed by atoms with van der Waals surface area (Å²) in [6.45, 7) is 3.30. The molecule has 4 aromatic carbocycles. The van der Waals surface area contributed by atoms with Gasteiger partial charge in [0.2, 0.25) is 11.8 Å². The maximum atomic E-state index is 15.0. The summed E-state index contributed by atoms with van der Waals surface area (Å²) in [5, 5.41) is 3.04. The van der Waals surface area contributed by atoms with Crippen LogP contribution in [0.1, 0.15) is 36.5 Å². The first-order chi connectivity index (χ1) is 21.6. The first kappa shape index (κ1) is 33.7. The van der Waals surface area contributed by atoms with Gasteiger partial charge in [0.05, 0.1) is 15.6 Å². The largest absolute Gasteiger partial charge is 0.354 e. The summed E-state index contributed by atoms with van der Waals surface area (Å²) in [5.74, 6) is -1.65. The van der Waals surface area contributed by atoms with Crippen molar-refractivity contribution in [2.24, 2.45) is 0 Å². The molecule has 1 atom stereocenters.